The van der Waals surface area contributed by atoms with Crippen LogP contribution in [0.5, 0.6) is 0 Å². The molecule has 9 heteroatoms. The fourth-order valence-electron chi connectivity index (χ4n) is 3.86. The van der Waals surface area contributed by atoms with Crippen LogP contribution in [0.1, 0.15) is 40.1 Å². The van der Waals surface area contributed by atoms with E-state index >= 15 is 0 Å². The lowest BCUT2D eigenvalue weighted by molar-refractivity contribution is -0.115. The number of carbonyl (C=O) groups excluding carboxylic acids is 1. The van der Waals surface area contributed by atoms with E-state index in [-0.39, 0.29) is 23.3 Å². The summed E-state index contributed by atoms with van der Waals surface area (Å²) >= 11 is 1.31. The Hall–Kier alpha value is -2.65. The highest BCUT2D eigenvalue weighted by Gasteiger charge is 2.33. The highest BCUT2D eigenvalue weighted by Crippen LogP contribution is 2.37. The number of amides is 1. The van der Waals surface area contributed by atoms with Gasteiger partial charge < -0.3 is 9.88 Å². The molecule has 0 spiro atoms. The van der Waals surface area contributed by atoms with E-state index in [4.69, 9.17) is 0 Å². The summed E-state index contributed by atoms with van der Waals surface area (Å²) in [7, 11) is -1.20. The molecule has 1 aliphatic rings. The normalized spacial score (nSPS) is 18.4. The van der Waals surface area contributed by atoms with Gasteiger partial charge >= 0.3 is 0 Å². The lowest BCUT2D eigenvalue weighted by atomic mass is 10.1. The number of anilines is 1. The highest BCUT2D eigenvalue weighted by molar-refractivity contribution is 8.00. The lowest BCUT2D eigenvalue weighted by Gasteiger charge is -2.18. The minimum atomic E-state index is -3.02. The molecule has 0 saturated carbocycles. The first-order valence-corrected chi connectivity index (χ1v) is 13.1. The fourth-order valence-corrected chi connectivity index (χ4v) is 6.61. The van der Waals surface area contributed by atoms with Crippen LogP contribution in [0.3, 0.4) is 0 Å². The maximum absolute atomic E-state index is 13.4. The van der Waals surface area contributed by atoms with Gasteiger partial charge in [0.25, 0.3) is 0 Å². The zero-order valence-corrected chi connectivity index (χ0v) is 19.9. The van der Waals surface area contributed by atoms with Crippen molar-refractivity contribution < 1.29 is 13.2 Å². The average molecular weight is 471 g/mol. The van der Waals surface area contributed by atoms with Crippen molar-refractivity contribution in [1.82, 2.24) is 14.8 Å². The van der Waals surface area contributed by atoms with Gasteiger partial charge in [-0.2, -0.15) is 0 Å². The van der Waals surface area contributed by atoms with Crippen LogP contribution in [0.25, 0.3) is 0 Å². The summed E-state index contributed by atoms with van der Waals surface area (Å²) in [6.45, 7) is 3.95. The number of hydrogen-bond acceptors (Lipinski definition) is 6. The molecular weight excluding hydrogens is 444 g/mol. The van der Waals surface area contributed by atoms with E-state index in [0.717, 1.165) is 22.4 Å². The Labute approximate surface area is 192 Å². The van der Waals surface area contributed by atoms with Crippen molar-refractivity contribution in [1.29, 1.82) is 0 Å². The van der Waals surface area contributed by atoms with Crippen molar-refractivity contribution in [3.05, 3.63) is 71.0 Å². The molecular formula is C23H26N4O3S2. The summed E-state index contributed by atoms with van der Waals surface area (Å²) in [5.74, 6) is 0.612. The van der Waals surface area contributed by atoms with Crippen LogP contribution in [-0.4, -0.2) is 40.6 Å². The van der Waals surface area contributed by atoms with Crippen LogP contribution in [0.2, 0.25) is 0 Å². The molecule has 168 valence electrons. The number of benzene rings is 2. The summed E-state index contributed by atoms with van der Waals surface area (Å²) in [6, 6.07) is 15.5. The number of thioether (sulfide) groups is 1. The van der Waals surface area contributed by atoms with Crippen LogP contribution >= 0.6 is 11.8 Å². The van der Waals surface area contributed by atoms with Gasteiger partial charge in [-0.3, -0.25) is 4.79 Å². The number of hydrogen-bond donors (Lipinski definition) is 1. The maximum Gasteiger partial charge on any atom is 0.242 e. The molecule has 1 saturated heterocycles. The van der Waals surface area contributed by atoms with Gasteiger partial charge in [0.05, 0.1) is 11.5 Å². The molecule has 7 nitrogen and oxygen atoms in total. The van der Waals surface area contributed by atoms with E-state index in [0.29, 0.717) is 17.4 Å². The Morgan fingerprint density at radius 1 is 1.16 bits per heavy atom. The second kappa shape index (κ2) is 9.07. The molecule has 1 aromatic heterocycles. The molecule has 3 aromatic rings. The first-order valence-electron chi connectivity index (χ1n) is 10.4. The topological polar surface area (TPSA) is 94.0 Å². The van der Waals surface area contributed by atoms with Crippen LogP contribution in [0.4, 0.5) is 5.69 Å². The van der Waals surface area contributed by atoms with E-state index in [2.05, 4.69) is 15.5 Å². The molecule has 2 atom stereocenters. The molecule has 0 bridgehead atoms. The molecule has 2 aromatic carbocycles. The predicted octanol–water partition coefficient (Wildman–Crippen LogP) is 3.81. The van der Waals surface area contributed by atoms with Gasteiger partial charge in [-0.25, -0.2) is 8.42 Å². The quantitative estimate of drug-likeness (QED) is 0.551. The second-order valence-corrected chi connectivity index (χ2v) is 11.5. The zero-order valence-electron chi connectivity index (χ0n) is 18.3. The highest BCUT2D eigenvalue weighted by atomic mass is 32.2. The number of carbonyl (C=O) groups is 1. The molecule has 1 fully saturated rings. The van der Waals surface area contributed by atoms with Gasteiger partial charge in [0.15, 0.2) is 15.0 Å². The third kappa shape index (κ3) is 4.88. The smallest absolute Gasteiger partial charge is 0.242 e. The summed E-state index contributed by atoms with van der Waals surface area (Å²) in [5, 5.41) is 11.7. The molecule has 1 N–H and O–H groups in total. The molecule has 2 heterocycles. The first kappa shape index (κ1) is 22.5. The van der Waals surface area contributed by atoms with Crippen molar-refractivity contribution in [2.24, 2.45) is 7.05 Å². The SMILES string of the molecule is Cc1ccc(C)c(NC(=O)C(Sc2nnc(C3CCS(=O)(=O)C3)n2C)c2ccccc2)c1. The van der Waals surface area contributed by atoms with Crippen LogP contribution in [0.15, 0.2) is 53.7 Å². The van der Waals surface area contributed by atoms with E-state index in [1.807, 2.05) is 74.0 Å². The number of nitrogens with zero attached hydrogens (tertiary/aromatic N) is 3. The van der Waals surface area contributed by atoms with Gasteiger partial charge in [-0.05, 0) is 43.0 Å². The molecule has 0 radical (unpaired) electrons. The monoisotopic (exact) mass is 470 g/mol. The van der Waals surface area contributed by atoms with Gasteiger partial charge in [-0.15, -0.1) is 10.2 Å². The number of aryl methyl sites for hydroxylation is 2. The molecule has 1 aliphatic heterocycles. The Kier molecular flexibility index (Phi) is 6.39. The third-order valence-corrected chi connectivity index (χ3v) is 8.74. The Morgan fingerprint density at radius 2 is 1.91 bits per heavy atom. The summed E-state index contributed by atoms with van der Waals surface area (Å²) < 4.78 is 25.6. The number of aromatic nitrogens is 3. The van der Waals surface area contributed by atoms with Crippen molar-refractivity contribution >= 4 is 33.2 Å². The number of nitrogens with one attached hydrogen (secondary N) is 1. The van der Waals surface area contributed by atoms with Gasteiger partial charge in [0.1, 0.15) is 11.1 Å². The van der Waals surface area contributed by atoms with Gasteiger partial charge in [0, 0.05) is 18.7 Å². The molecule has 1 amide bonds. The summed E-state index contributed by atoms with van der Waals surface area (Å²) in [6.07, 6.45) is 0.550. The summed E-state index contributed by atoms with van der Waals surface area (Å²) in [5.41, 5.74) is 3.70. The van der Waals surface area contributed by atoms with E-state index in [1.54, 1.807) is 0 Å². The molecule has 2 unspecified atom stereocenters. The molecule has 4 rings (SSSR count). The standard InChI is InChI=1S/C23H26N4O3S2/c1-15-9-10-16(2)19(13-15)24-22(28)20(17-7-5-4-6-8-17)31-23-26-25-21(27(23)3)18-11-12-32(29,30)14-18/h4-10,13,18,20H,11-12,14H2,1-3H3,(H,24,28). The molecule has 0 aliphatic carbocycles. The van der Waals surface area contributed by atoms with E-state index < -0.39 is 15.1 Å². The lowest BCUT2D eigenvalue weighted by Crippen LogP contribution is -2.20. The van der Waals surface area contributed by atoms with Crippen molar-refractivity contribution in [2.75, 3.05) is 16.8 Å². The Bertz CT molecular complexity index is 1240. The van der Waals surface area contributed by atoms with E-state index in [1.165, 1.54) is 11.8 Å². The Morgan fingerprint density at radius 3 is 2.59 bits per heavy atom. The van der Waals surface area contributed by atoms with Crippen molar-refractivity contribution in [2.45, 2.75) is 36.6 Å². The maximum atomic E-state index is 13.4. The average Bonchev–Trinajstić information content (AvgIpc) is 3.30. The minimum absolute atomic E-state index is 0.0961. The van der Waals surface area contributed by atoms with Crippen LogP contribution in [0, 0.1) is 13.8 Å². The van der Waals surface area contributed by atoms with Crippen molar-refractivity contribution in [3.63, 3.8) is 0 Å². The summed E-state index contributed by atoms with van der Waals surface area (Å²) in [4.78, 5) is 13.4. The number of sulfone groups is 1. The van der Waals surface area contributed by atoms with Gasteiger partial charge in [0.2, 0.25) is 5.91 Å². The van der Waals surface area contributed by atoms with Crippen molar-refractivity contribution in [3.8, 4) is 0 Å². The zero-order chi connectivity index (χ0) is 22.9. The predicted molar refractivity (Wildman–Crippen MR) is 127 cm³/mol. The number of rotatable bonds is 6. The first-order chi connectivity index (χ1) is 15.2. The minimum Gasteiger partial charge on any atom is -0.325 e. The molecule has 32 heavy (non-hydrogen) atoms. The van der Waals surface area contributed by atoms with Crippen LogP contribution < -0.4 is 5.32 Å². The van der Waals surface area contributed by atoms with Gasteiger partial charge in [-0.1, -0.05) is 54.2 Å². The fraction of sp³-hybridized carbons (Fsp3) is 0.348. The second-order valence-electron chi connectivity index (χ2n) is 8.22. The van der Waals surface area contributed by atoms with Crippen LogP contribution in [-0.2, 0) is 21.7 Å². The Balaban J connectivity index is 1.61. The van der Waals surface area contributed by atoms with E-state index in [9.17, 15) is 13.2 Å². The largest absolute Gasteiger partial charge is 0.325 e. The third-order valence-electron chi connectivity index (χ3n) is 5.68.